The summed E-state index contributed by atoms with van der Waals surface area (Å²) in [6, 6.07) is 8.95. The Balaban J connectivity index is 1.92. The van der Waals surface area contributed by atoms with Crippen LogP contribution in [0.25, 0.3) is 0 Å². The Bertz CT molecular complexity index is 525. The monoisotopic (exact) mass is 332 g/mol. The first-order chi connectivity index (χ1) is 11.4. The second-order valence-electron chi connectivity index (χ2n) is 7.55. The quantitative estimate of drug-likeness (QED) is 0.769. The average Bonchev–Trinajstić information content (AvgIpc) is 2.92. The largest absolute Gasteiger partial charge is 0.390 e. The van der Waals surface area contributed by atoms with Crippen molar-refractivity contribution >= 4 is 5.91 Å². The van der Waals surface area contributed by atoms with Crippen molar-refractivity contribution in [1.29, 1.82) is 0 Å². The lowest BCUT2D eigenvalue weighted by molar-refractivity contribution is -0.128. The molecule has 1 aromatic carbocycles. The summed E-state index contributed by atoms with van der Waals surface area (Å²) in [5.41, 5.74) is 2.59. The van der Waals surface area contributed by atoms with Crippen LogP contribution >= 0.6 is 0 Å². The van der Waals surface area contributed by atoms with Gasteiger partial charge in [-0.1, -0.05) is 52.0 Å². The minimum absolute atomic E-state index is 0.165. The van der Waals surface area contributed by atoms with Crippen molar-refractivity contribution < 1.29 is 9.90 Å². The second-order valence-corrected chi connectivity index (χ2v) is 7.55. The molecule has 2 atom stereocenters. The van der Waals surface area contributed by atoms with Crippen LogP contribution in [0.15, 0.2) is 24.3 Å². The first-order valence-corrected chi connectivity index (χ1v) is 9.17. The minimum Gasteiger partial charge on any atom is -0.390 e. The Labute approximate surface area is 146 Å². The molecule has 2 unspecified atom stereocenters. The maximum atomic E-state index is 11.7. The van der Waals surface area contributed by atoms with Gasteiger partial charge in [0.15, 0.2) is 0 Å². The Morgan fingerprint density at radius 3 is 2.25 bits per heavy atom. The highest BCUT2D eigenvalue weighted by atomic mass is 16.3. The van der Waals surface area contributed by atoms with Gasteiger partial charge in [-0.25, -0.2) is 0 Å². The van der Waals surface area contributed by atoms with E-state index >= 15 is 0 Å². The normalized spacial score (nSPS) is 17.8. The highest BCUT2D eigenvalue weighted by Crippen LogP contribution is 2.24. The summed E-state index contributed by atoms with van der Waals surface area (Å²) in [5, 5.41) is 13.8. The first kappa shape index (κ1) is 18.9. The summed E-state index contributed by atoms with van der Waals surface area (Å²) in [5.74, 6) is 1.12. The number of nitrogens with zero attached hydrogens (tertiary/aromatic N) is 1. The number of aliphatic hydroxyl groups is 1. The van der Waals surface area contributed by atoms with E-state index in [2.05, 4.69) is 57.3 Å². The van der Waals surface area contributed by atoms with Gasteiger partial charge in [-0.3, -0.25) is 4.79 Å². The zero-order valence-corrected chi connectivity index (χ0v) is 15.5. The van der Waals surface area contributed by atoms with Crippen molar-refractivity contribution in [2.75, 3.05) is 19.6 Å². The van der Waals surface area contributed by atoms with Gasteiger partial charge in [0.05, 0.1) is 6.10 Å². The number of aliphatic hydroxyl groups excluding tert-OH is 1. The van der Waals surface area contributed by atoms with Crippen LogP contribution in [-0.2, 0) is 4.79 Å². The molecule has 134 valence electrons. The van der Waals surface area contributed by atoms with Crippen LogP contribution < -0.4 is 5.32 Å². The fourth-order valence-corrected chi connectivity index (χ4v) is 3.31. The van der Waals surface area contributed by atoms with Crippen LogP contribution in [0.2, 0.25) is 0 Å². The van der Waals surface area contributed by atoms with Gasteiger partial charge in [0.2, 0.25) is 5.91 Å². The Morgan fingerprint density at radius 1 is 1.12 bits per heavy atom. The van der Waals surface area contributed by atoms with Gasteiger partial charge in [-0.05, 0) is 29.4 Å². The lowest BCUT2D eigenvalue weighted by Crippen LogP contribution is -2.40. The maximum Gasteiger partial charge on any atom is 0.222 e. The number of hydrogen-bond acceptors (Lipinski definition) is 3. The van der Waals surface area contributed by atoms with Crippen LogP contribution in [0.5, 0.6) is 0 Å². The van der Waals surface area contributed by atoms with E-state index in [9.17, 15) is 9.90 Å². The molecule has 0 aromatic heterocycles. The van der Waals surface area contributed by atoms with E-state index in [1.54, 1.807) is 4.90 Å². The van der Waals surface area contributed by atoms with Gasteiger partial charge in [0.1, 0.15) is 0 Å². The van der Waals surface area contributed by atoms with Gasteiger partial charge in [0.25, 0.3) is 0 Å². The van der Waals surface area contributed by atoms with E-state index in [0.717, 1.165) is 13.0 Å². The summed E-state index contributed by atoms with van der Waals surface area (Å²) in [7, 11) is 0. The van der Waals surface area contributed by atoms with E-state index in [1.807, 2.05) is 0 Å². The van der Waals surface area contributed by atoms with Crippen molar-refractivity contribution in [2.45, 2.75) is 58.6 Å². The molecule has 1 heterocycles. The van der Waals surface area contributed by atoms with Crippen molar-refractivity contribution in [3.05, 3.63) is 35.4 Å². The average molecular weight is 332 g/mol. The molecule has 1 saturated heterocycles. The molecular formula is C20H32N2O2. The predicted molar refractivity (Wildman–Crippen MR) is 97.9 cm³/mol. The Hall–Kier alpha value is -1.39. The molecule has 0 aliphatic carbocycles. The number of β-amino-alcohol motifs (C(OH)–C–C–N with tert-alkyl or cyclic N) is 1. The highest BCUT2D eigenvalue weighted by molar-refractivity contribution is 5.78. The number of hydrogen-bond donors (Lipinski definition) is 2. The molecule has 24 heavy (non-hydrogen) atoms. The number of carbonyl (C=O) groups excluding carboxylic acids is 1. The topological polar surface area (TPSA) is 52.6 Å². The number of likely N-dealkylation sites (tertiary alicyclic amines) is 1. The minimum atomic E-state index is -0.525. The third-order valence-corrected chi connectivity index (χ3v) is 4.80. The molecule has 1 aromatic rings. The third-order valence-electron chi connectivity index (χ3n) is 4.80. The Morgan fingerprint density at radius 2 is 1.75 bits per heavy atom. The first-order valence-electron chi connectivity index (χ1n) is 9.17. The van der Waals surface area contributed by atoms with Crippen molar-refractivity contribution in [1.82, 2.24) is 10.2 Å². The van der Waals surface area contributed by atoms with Gasteiger partial charge in [0, 0.05) is 32.1 Å². The van der Waals surface area contributed by atoms with E-state index in [4.69, 9.17) is 0 Å². The lowest BCUT2D eigenvalue weighted by Gasteiger charge is -2.26. The summed E-state index contributed by atoms with van der Waals surface area (Å²) in [6.07, 6.45) is 1.01. The highest BCUT2D eigenvalue weighted by Gasteiger charge is 2.23. The summed E-state index contributed by atoms with van der Waals surface area (Å²) in [4.78, 5) is 13.4. The number of nitrogens with one attached hydrogen (secondary N) is 1. The smallest absolute Gasteiger partial charge is 0.222 e. The zero-order valence-electron chi connectivity index (χ0n) is 15.5. The molecule has 2 rings (SSSR count). The molecule has 0 bridgehead atoms. The molecule has 0 saturated carbocycles. The molecule has 1 aliphatic rings. The maximum absolute atomic E-state index is 11.7. The SMILES string of the molecule is CC(C)c1ccc(C(NCC(O)CN2CCCC2=O)C(C)C)cc1. The third kappa shape index (κ3) is 5.05. The van der Waals surface area contributed by atoms with Crippen LogP contribution in [-0.4, -0.2) is 41.7 Å². The van der Waals surface area contributed by atoms with Gasteiger partial charge < -0.3 is 15.3 Å². The van der Waals surface area contributed by atoms with Gasteiger partial charge >= 0.3 is 0 Å². The molecule has 4 nitrogen and oxygen atoms in total. The fraction of sp³-hybridized carbons (Fsp3) is 0.650. The van der Waals surface area contributed by atoms with Crippen LogP contribution in [0.1, 0.15) is 63.6 Å². The van der Waals surface area contributed by atoms with E-state index < -0.39 is 6.10 Å². The molecule has 4 heteroatoms. The number of rotatable bonds is 8. The number of carbonyl (C=O) groups is 1. The molecule has 1 aliphatic heterocycles. The fourth-order valence-electron chi connectivity index (χ4n) is 3.31. The number of benzene rings is 1. The van der Waals surface area contributed by atoms with E-state index in [0.29, 0.717) is 31.3 Å². The molecule has 0 spiro atoms. The predicted octanol–water partition coefficient (Wildman–Crippen LogP) is 3.08. The van der Waals surface area contributed by atoms with Crippen molar-refractivity contribution in [3.63, 3.8) is 0 Å². The summed E-state index contributed by atoms with van der Waals surface area (Å²) >= 11 is 0. The van der Waals surface area contributed by atoms with E-state index in [-0.39, 0.29) is 11.9 Å². The summed E-state index contributed by atoms with van der Waals surface area (Å²) in [6.45, 7) is 10.5. The van der Waals surface area contributed by atoms with Gasteiger partial charge in [-0.15, -0.1) is 0 Å². The Kier molecular flexibility index (Phi) is 6.81. The van der Waals surface area contributed by atoms with Crippen LogP contribution in [0.3, 0.4) is 0 Å². The second kappa shape index (κ2) is 8.63. The van der Waals surface area contributed by atoms with Crippen molar-refractivity contribution in [2.24, 2.45) is 5.92 Å². The lowest BCUT2D eigenvalue weighted by atomic mass is 9.93. The van der Waals surface area contributed by atoms with Crippen LogP contribution in [0, 0.1) is 5.92 Å². The molecule has 2 N–H and O–H groups in total. The molecule has 1 amide bonds. The molecule has 0 radical (unpaired) electrons. The molecule has 1 fully saturated rings. The van der Waals surface area contributed by atoms with Gasteiger partial charge in [-0.2, -0.15) is 0 Å². The zero-order chi connectivity index (χ0) is 17.7. The van der Waals surface area contributed by atoms with E-state index in [1.165, 1.54) is 11.1 Å². The molecular weight excluding hydrogens is 300 g/mol. The number of amides is 1. The van der Waals surface area contributed by atoms with Crippen LogP contribution in [0.4, 0.5) is 0 Å². The van der Waals surface area contributed by atoms with Crippen molar-refractivity contribution in [3.8, 4) is 0 Å². The summed E-state index contributed by atoms with van der Waals surface area (Å²) < 4.78 is 0. The standard InChI is InChI=1S/C20H32N2O2/c1-14(2)16-7-9-17(10-8-16)20(15(3)4)21-12-18(23)13-22-11-5-6-19(22)24/h7-10,14-15,18,20-21,23H,5-6,11-13H2,1-4H3.